The van der Waals surface area contributed by atoms with Crippen molar-refractivity contribution in [3.63, 3.8) is 0 Å². The van der Waals surface area contributed by atoms with E-state index in [1.807, 2.05) is 12.1 Å². The Bertz CT molecular complexity index is 559. The molecule has 1 aromatic carbocycles. The monoisotopic (exact) mass is 285 g/mol. The minimum Gasteiger partial charge on any atom is -0.324 e. The number of hydrogen-bond donors (Lipinski definition) is 2. The fourth-order valence-electron chi connectivity index (χ4n) is 4.43. The fraction of sp³-hybridized carbons (Fsp3) is 0.588. The summed E-state index contributed by atoms with van der Waals surface area (Å²) < 4.78 is 0. The van der Waals surface area contributed by atoms with Gasteiger partial charge in [-0.05, 0) is 56.3 Å². The Kier molecular flexibility index (Phi) is 3.23. The molecule has 21 heavy (non-hydrogen) atoms. The van der Waals surface area contributed by atoms with E-state index in [0.29, 0.717) is 12.0 Å². The zero-order chi connectivity index (χ0) is 14.4. The van der Waals surface area contributed by atoms with Crippen LogP contribution in [0.25, 0.3) is 0 Å². The first-order chi connectivity index (χ1) is 10.2. The molecule has 4 unspecified atom stereocenters. The number of carbonyl (C=O) groups is 1. The smallest absolute Gasteiger partial charge is 0.241 e. The molecule has 0 aliphatic carbocycles. The highest BCUT2D eigenvalue weighted by molar-refractivity contribution is 5.96. The second kappa shape index (κ2) is 5.11. The molecule has 4 heteroatoms. The molecule has 0 aromatic heterocycles. The summed E-state index contributed by atoms with van der Waals surface area (Å²) in [5.74, 6) is 1.61. The Labute approximate surface area is 125 Å². The normalized spacial score (nSPS) is 36.0. The number of anilines is 1. The number of amides is 1. The Hall–Kier alpha value is -1.39. The van der Waals surface area contributed by atoms with Crippen molar-refractivity contribution in [3.05, 3.63) is 29.8 Å². The Morgan fingerprint density at radius 2 is 2.10 bits per heavy atom. The van der Waals surface area contributed by atoms with Crippen LogP contribution in [0.3, 0.4) is 0 Å². The molecule has 3 aliphatic rings. The lowest BCUT2D eigenvalue weighted by Crippen LogP contribution is -2.47. The summed E-state index contributed by atoms with van der Waals surface area (Å²) in [6.07, 6.45) is 1.91. The van der Waals surface area contributed by atoms with Crippen molar-refractivity contribution in [1.29, 1.82) is 0 Å². The van der Waals surface area contributed by atoms with Crippen LogP contribution in [-0.4, -0.2) is 42.5 Å². The van der Waals surface area contributed by atoms with E-state index in [4.69, 9.17) is 0 Å². The van der Waals surface area contributed by atoms with E-state index in [-0.39, 0.29) is 11.9 Å². The van der Waals surface area contributed by atoms with Crippen LogP contribution < -0.4 is 10.6 Å². The molecule has 1 aromatic rings. The first kappa shape index (κ1) is 13.3. The van der Waals surface area contributed by atoms with E-state index in [1.54, 1.807) is 0 Å². The van der Waals surface area contributed by atoms with Crippen LogP contribution in [0.1, 0.15) is 18.9 Å². The third-order valence-corrected chi connectivity index (χ3v) is 5.65. The van der Waals surface area contributed by atoms with Gasteiger partial charge in [-0.3, -0.25) is 9.69 Å². The number of nitrogens with one attached hydrogen (secondary N) is 2. The first-order valence-corrected chi connectivity index (χ1v) is 8.09. The van der Waals surface area contributed by atoms with Gasteiger partial charge in [0.1, 0.15) is 0 Å². The van der Waals surface area contributed by atoms with Gasteiger partial charge in [0.2, 0.25) is 5.91 Å². The van der Waals surface area contributed by atoms with E-state index >= 15 is 0 Å². The summed E-state index contributed by atoms with van der Waals surface area (Å²) in [6.45, 7) is 5.58. The summed E-state index contributed by atoms with van der Waals surface area (Å²) in [5.41, 5.74) is 2.26. The summed E-state index contributed by atoms with van der Waals surface area (Å²) in [6, 6.07) is 8.72. The highest BCUT2D eigenvalue weighted by Crippen LogP contribution is 2.35. The lowest BCUT2D eigenvalue weighted by atomic mass is 9.95. The van der Waals surface area contributed by atoms with Gasteiger partial charge in [-0.1, -0.05) is 18.2 Å². The fourth-order valence-corrected chi connectivity index (χ4v) is 4.43. The molecule has 1 amide bonds. The lowest BCUT2D eigenvalue weighted by molar-refractivity contribution is -0.121. The van der Waals surface area contributed by atoms with Crippen LogP contribution in [0.15, 0.2) is 24.3 Å². The van der Waals surface area contributed by atoms with Crippen LogP contribution in [0.5, 0.6) is 0 Å². The van der Waals surface area contributed by atoms with Gasteiger partial charge in [0.15, 0.2) is 0 Å². The average molecular weight is 285 g/mol. The van der Waals surface area contributed by atoms with Crippen molar-refractivity contribution in [2.24, 2.45) is 11.8 Å². The van der Waals surface area contributed by atoms with E-state index in [0.717, 1.165) is 44.1 Å². The number of carbonyl (C=O) groups excluding carboxylic acids is 1. The molecule has 4 nitrogen and oxygen atoms in total. The molecule has 2 fully saturated rings. The molecule has 0 bridgehead atoms. The lowest BCUT2D eigenvalue weighted by Gasteiger charge is -2.31. The highest BCUT2D eigenvalue weighted by atomic mass is 16.2. The molecule has 3 aliphatic heterocycles. The number of aryl methyl sites for hydroxylation is 1. The predicted molar refractivity (Wildman–Crippen MR) is 83.2 cm³/mol. The molecular weight excluding hydrogens is 262 g/mol. The van der Waals surface area contributed by atoms with Gasteiger partial charge in [-0.2, -0.15) is 0 Å². The van der Waals surface area contributed by atoms with E-state index in [1.165, 1.54) is 5.56 Å². The van der Waals surface area contributed by atoms with E-state index in [9.17, 15) is 4.79 Å². The molecule has 4 atom stereocenters. The van der Waals surface area contributed by atoms with Crippen LogP contribution in [-0.2, 0) is 11.2 Å². The third-order valence-electron chi connectivity index (χ3n) is 5.65. The first-order valence-electron chi connectivity index (χ1n) is 8.09. The SMILES string of the molecule is CC1C2CNCC2CN1C1CCc2ccccc2NC1=O. The summed E-state index contributed by atoms with van der Waals surface area (Å²) in [4.78, 5) is 15.1. The van der Waals surface area contributed by atoms with Crippen molar-refractivity contribution < 1.29 is 4.79 Å². The molecule has 0 spiro atoms. The van der Waals surface area contributed by atoms with E-state index in [2.05, 4.69) is 34.6 Å². The largest absolute Gasteiger partial charge is 0.324 e. The number of fused-ring (bicyclic) bond motifs is 2. The molecule has 2 N–H and O–H groups in total. The van der Waals surface area contributed by atoms with Crippen LogP contribution in [0, 0.1) is 11.8 Å². The maximum atomic E-state index is 12.7. The minimum absolute atomic E-state index is 0.0259. The number of benzene rings is 1. The predicted octanol–water partition coefficient (Wildman–Crippen LogP) is 1.48. The quantitative estimate of drug-likeness (QED) is 0.821. The number of nitrogens with zero attached hydrogens (tertiary/aromatic N) is 1. The summed E-state index contributed by atoms with van der Waals surface area (Å²) in [5, 5.41) is 6.63. The summed E-state index contributed by atoms with van der Waals surface area (Å²) in [7, 11) is 0. The number of rotatable bonds is 1. The number of hydrogen-bond acceptors (Lipinski definition) is 3. The standard InChI is InChI=1S/C17H23N3O/c1-11-14-9-18-8-13(14)10-20(11)16-7-6-12-4-2-3-5-15(12)19-17(16)21/h2-5,11,13-14,16,18H,6-10H2,1H3,(H,19,21). The number of para-hydroxylation sites is 1. The molecule has 112 valence electrons. The van der Waals surface area contributed by atoms with Crippen LogP contribution >= 0.6 is 0 Å². The minimum atomic E-state index is 0.0259. The maximum absolute atomic E-state index is 12.7. The van der Waals surface area contributed by atoms with Crippen molar-refractivity contribution in [1.82, 2.24) is 10.2 Å². The van der Waals surface area contributed by atoms with Gasteiger partial charge in [-0.15, -0.1) is 0 Å². The molecular formula is C17H23N3O. The van der Waals surface area contributed by atoms with Crippen molar-refractivity contribution in [2.75, 3.05) is 25.0 Å². The highest BCUT2D eigenvalue weighted by Gasteiger charge is 2.45. The maximum Gasteiger partial charge on any atom is 0.241 e. The zero-order valence-electron chi connectivity index (χ0n) is 12.5. The second-order valence-corrected chi connectivity index (χ2v) is 6.72. The number of likely N-dealkylation sites (tertiary alicyclic amines) is 1. The van der Waals surface area contributed by atoms with Crippen LogP contribution in [0.4, 0.5) is 5.69 Å². The summed E-state index contributed by atoms with van der Waals surface area (Å²) >= 11 is 0. The van der Waals surface area contributed by atoms with Gasteiger partial charge in [-0.25, -0.2) is 0 Å². The topological polar surface area (TPSA) is 44.4 Å². The second-order valence-electron chi connectivity index (χ2n) is 6.72. The van der Waals surface area contributed by atoms with Gasteiger partial charge in [0.25, 0.3) is 0 Å². The zero-order valence-corrected chi connectivity index (χ0v) is 12.5. The molecule has 4 rings (SSSR count). The van der Waals surface area contributed by atoms with Crippen LogP contribution in [0.2, 0.25) is 0 Å². The molecule has 0 saturated carbocycles. The van der Waals surface area contributed by atoms with E-state index < -0.39 is 0 Å². The van der Waals surface area contributed by atoms with Crippen molar-refractivity contribution >= 4 is 11.6 Å². The Morgan fingerprint density at radius 1 is 1.24 bits per heavy atom. The van der Waals surface area contributed by atoms with Gasteiger partial charge < -0.3 is 10.6 Å². The molecule has 3 heterocycles. The Morgan fingerprint density at radius 3 is 2.95 bits per heavy atom. The van der Waals surface area contributed by atoms with Gasteiger partial charge in [0, 0.05) is 18.3 Å². The molecule has 2 saturated heterocycles. The van der Waals surface area contributed by atoms with Crippen molar-refractivity contribution in [3.8, 4) is 0 Å². The van der Waals surface area contributed by atoms with Crippen molar-refractivity contribution in [2.45, 2.75) is 31.8 Å². The van der Waals surface area contributed by atoms with Gasteiger partial charge in [0.05, 0.1) is 6.04 Å². The van der Waals surface area contributed by atoms with Gasteiger partial charge >= 0.3 is 0 Å². The third kappa shape index (κ3) is 2.17. The molecule has 0 radical (unpaired) electrons. The average Bonchev–Trinajstić information content (AvgIpc) is 3.00. The Balaban J connectivity index is 1.56.